The van der Waals surface area contributed by atoms with Crippen LogP contribution in [0.3, 0.4) is 0 Å². The molecule has 0 saturated carbocycles. The van der Waals surface area contributed by atoms with E-state index in [0.717, 1.165) is 16.6 Å². The van der Waals surface area contributed by atoms with Crippen LogP contribution < -0.4 is 5.32 Å². The van der Waals surface area contributed by atoms with Crippen molar-refractivity contribution in [2.24, 2.45) is 0 Å². The van der Waals surface area contributed by atoms with Crippen molar-refractivity contribution in [2.75, 3.05) is 0 Å². The third-order valence-electron chi connectivity index (χ3n) is 2.51. The molecule has 0 aliphatic heterocycles. The molecule has 0 radical (unpaired) electrons. The van der Waals surface area contributed by atoms with E-state index in [4.69, 9.17) is 0 Å². The van der Waals surface area contributed by atoms with Crippen molar-refractivity contribution < 1.29 is 4.92 Å². The number of halogens is 2. The molecule has 0 amide bonds. The van der Waals surface area contributed by atoms with E-state index in [2.05, 4.69) is 37.2 Å². The van der Waals surface area contributed by atoms with Crippen LogP contribution in [0, 0.1) is 10.1 Å². The molecular formula is C12H10Br2N2O2S. The fraction of sp³-hybridized carbons (Fsp3) is 0.167. The second-order valence-corrected chi connectivity index (χ2v) is 6.55. The summed E-state index contributed by atoms with van der Waals surface area (Å²) in [6, 6.07) is 7.16. The van der Waals surface area contributed by atoms with Gasteiger partial charge in [0.25, 0.3) is 5.69 Å². The third-order valence-corrected chi connectivity index (χ3v) is 5.11. The Bertz CT molecular complexity index is 601. The molecule has 1 heterocycles. The van der Waals surface area contributed by atoms with Crippen molar-refractivity contribution in [1.82, 2.24) is 5.32 Å². The summed E-state index contributed by atoms with van der Waals surface area (Å²) in [6.07, 6.45) is 0. The average Bonchev–Trinajstić information content (AvgIpc) is 2.77. The Hall–Kier alpha value is -0.760. The van der Waals surface area contributed by atoms with Gasteiger partial charge in [-0.25, -0.2) is 0 Å². The predicted octanol–water partition coefficient (Wildman–Crippen LogP) is 4.47. The highest BCUT2D eigenvalue weighted by molar-refractivity contribution is 9.11. The standard InChI is InChI=1S/C12H10Br2N2O2S/c13-9-2-1-8(5-11(9)16(17)18)6-15-7-12-10(14)3-4-19-12/h1-5,15H,6-7H2. The molecule has 0 aliphatic rings. The molecule has 0 aliphatic carbocycles. The second-order valence-electron chi connectivity index (χ2n) is 3.84. The average molecular weight is 406 g/mol. The van der Waals surface area contributed by atoms with E-state index in [9.17, 15) is 10.1 Å². The van der Waals surface area contributed by atoms with E-state index in [-0.39, 0.29) is 10.6 Å². The van der Waals surface area contributed by atoms with Crippen molar-refractivity contribution in [1.29, 1.82) is 0 Å². The first-order valence-corrected chi connectivity index (χ1v) is 7.90. The lowest BCUT2D eigenvalue weighted by molar-refractivity contribution is -0.385. The smallest absolute Gasteiger partial charge is 0.283 e. The Morgan fingerprint density at radius 1 is 1.21 bits per heavy atom. The van der Waals surface area contributed by atoms with Gasteiger partial charge < -0.3 is 5.32 Å². The van der Waals surface area contributed by atoms with Crippen LogP contribution in [0.2, 0.25) is 0 Å². The maximum atomic E-state index is 10.8. The summed E-state index contributed by atoms with van der Waals surface area (Å²) in [4.78, 5) is 11.7. The van der Waals surface area contributed by atoms with Crippen LogP contribution in [0.15, 0.2) is 38.6 Å². The highest BCUT2D eigenvalue weighted by atomic mass is 79.9. The number of nitro benzene ring substituents is 1. The molecule has 0 spiro atoms. The molecule has 1 aromatic heterocycles. The van der Waals surface area contributed by atoms with Crippen molar-refractivity contribution in [3.05, 3.63) is 59.1 Å². The zero-order chi connectivity index (χ0) is 13.8. The van der Waals surface area contributed by atoms with Crippen LogP contribution in [0.1, 0.15) is 10.4 Å². The van der Waals surface area contributed by atoms with Crippen LogP contribution in [-0.4, -0.2) is 4.92 Å². The molecule has 0 atom stereocenters. The molecule has 1 aromatic carbocycles. The first-order valence-electron chi connectivity index (χ1n) is 5.43. The first-order chi connectivity index (χ1) is 9.08. The lowest BCUT2D eigenvalue weighted by Crippen LogP contribution is -2.12. The van der Waals surface area contributed by atoms with Gasteiger partial charge in [-0.05, 0) is 54.9 Å². The quantitative estimate of drug-likeness (QED) is 0.589. The van der Waals surface area contributed by atoms with Gasteiger partial charge >= 0.3 is 0 Å². The summed E-state index contributed by atoms with van der Waals surface area (Å²) in [7, 11) is 0. The molecule has 2 rings (SSSR count). The SMILES string of the molecule is O=[N+]([O-])c1cc(CNCc2sccc2Br)ccc1Br. The maximum absolute atomic E-state index is 10.8. The fourth-order valence-electron chi connectivity index (χ4n) is 1.58. The minimum atomic E-state index is -0.385. The molecule has 0 saturated heterocycles. The number of nitro groups is 1. The molecule has 4 nitrogen and oxygen atoms in total. The van der Waals surface area contributed by atoms with Crippen LogP contribution in [0.5, 0.6) is 0 Å². The Balaban J connectivity index is 1.98. The van der Waals surface area contributed by atoms with Gasteiger partial charge in [0.05, 0.1) is 9.40 Å². The summed E-state index contributed by atoms with van der Waals surface area (Å²) < 4.78 is 1.59. The normalized spacial score (nSPS) is 10.6. The number of nitrogens with one attached hydrogen (secondary N) is 1. The van der Waals surface area contributed by atoms with Crippen molar-refractivity contribution in [3.8, 4) is 0 Å². The van der Waals surface area contributed by atoms with Gasteiger partial charge in [-0.1, -0.05) is 6.07 Å². The Labute approximate surface area is 131 Å². The van der Waals surface area contributed by atoms with Crippen LogP contribution >= 0.6 is 43.2 Å². The lowest BCUT2D eigenvalue weighted by atomic mass is 10.2. The predicted molar refractivity (Wildman–Crippen MR) is 83.4 cm³/mol. The summed E-state index contributed by atoms with van der Waals surface area (Å²) in [5, 5.41) is 16.1. The summed E-state index contributed by atoms with van der Waals surface area (Å²) >= 11 is 8.31. The molecule has 19 heavy (non-hydrogen) atoms. The van der Waals surface area contributed by atoms with Crippen LogP contribution in [-0.2, 0) is 13.1 Å². The van der Waals surface area contributed by atoms with E-state index < -0.39 is 0 Å². The van der Waals surface area contributed by atoms with E-state index in [1.54, 1.807) is 23.5 Å². The minimum absolute atomic E-state index is 0.0941. The Morgan fingerprint density at radius 2 is 2.00 bits per heavy atom. The van der Waals surface area contributed by atoms with Crippen LogP contribution in [0.25, 0.3) is 0 Å². The second kappa shape index (κ2) is 6.60. The highest BCUT2D eigenvalue weighted by Crippen LogP contribution is 2.26. The summed E-state index contributed by atoms with van der Waals surface area (Å²) in [5.74, 6) is 0. The Morgan fingerprint density at radius 3 is 2.63 bits per heavy atom. The van der Waals surface area contributed by atoms with Gasteiger partial charge in [0.15, 0.2) is 0 Å². The largest absolute Gasteiger partial charge is 0.308 e. The zero-order valence-electron chi connectivity index (χ0n) is 9.73. The van der Waals surface area contributed by atoms with E-state index in [1.807, 2.05) is 17.5 Å². The molecule has 7 heteroatoms. The first kappa shape index (κ1) is 14.6. The topological polar surface area (TPSA) is 55.2 Å². The molecule has 100 valence electrons. The van der Waals surface area contributed by atoms with Gasteiger partial charge in [-0.3, -0.25) is 10.1 Å². The summed E-state index contributed by atoms with van der Waals surface area (Å²) in [5.41, 5.74) is 0.985. The molecule has 0 fully saturated rings. The molecule has 2 aromatic rings. The van der Waals surface area contributed by atoms with Crippen LogP contribution in [0.4, 0.5) is 5.69 Å². The van der Waals surface area contributed by atoms with Gasteiger partial charge in [0.1, 0.15) is 0 Å². The van der Waals surface area contributed by atoms with Gasteiger partial charge in [-0.2, -0.15) is 0 Å². The number of hydrogen-bond donors (Lipinski definition) is 1. The number of rotatable bonds is 5. The minimum Gasteiger partial charge on any atom is -0.308 e. The lowest BCUT2D eigenvalue weighted by Gasteiger charge is -2.05. The number of nitrogens with zero attached hydrogens (tertiary/aromatic N) is 1. The van der Waals surface area contributed by atoms with E-state index >= 15 is 0 Å². The van der Waals surface area contributed by atoms with Crippen molar-refractivity contribution in [3.63, 3.8) is 0 Å². The maximum Gasteiger partial charge on any atom is 0.283 e. The number of benzene rings is 1. The van der Waals surface area contributed by atoms with Gasteiger partial charge in [0.2, 0.25) is 0 Å². The van der Waals surface area contributed by atoms with E-state index in [0.29, 0.717) is 11.0 Å². The summed E-state index contributed by atoms with van der Waals surface area (Å²) in [6.45, 7) is 1.33. The Kier molecular flexibility index (Phi) is 5.09. The van der Waals surface area contributed by atoms with Gasteiger partial charge in [0, 0.05) is 28.5 Å². The molecule has 0 bridgehead atoms. The number of thiophene rings is 1. The van der Waals surface area contributed by atoms with Gasteiger partial charge in [-0.15, -0.1) is 11.3 Å². The molecular weight excluding hydrogens is 396 g/mol. The molecule has 0 unspecified atom stereocenters. The van der Waals surface area contributed by atoms with Crippen molar-refractivity contribution in [2.45, 2.75) is 13.1 Å². The zero-order valence-corrected chi connectivity index (χ0v) is 13.7. The molecule has 1 N–H and O–H groups in total. The van der Waals surface area contributed by atoms with Crippen molar-refractivity contribution >= 4 is 48.9 Å². The number of hydrogen-bond acceptors (Lipinski definition) is 4. The fourth-order valence-corrected chi connectivity index (χ4v) is 3.43. The van der Waals surface area contributed by atoms with E-state index in [1.165, 1.54) is 4.88 Å². The monoisotopic (exact) mass is 404 g/mol. The third kappa shape index (κ3) is 3.85. The highest BCUT2D eigenvalue weighted by Gasteiger charge is 2.12.